The molecule has 0 amide bonds. The van der Waals surface area contributed by atoms with Gasteiger partial charge in [-0.25, -0.2) is 0 Å². The maximum absolute atomic E-state index is 6.01. The minimum absolute atomic E-state index is 0. The SMILES string of the molecule is CCCN1CCC(CN=C(NCC)NCC2COc3ccccc3O2)CC1.I. The first-order valence-electron chi connectivity index (χ1n) is 10.4. The molecule has 0 aliphatic carbocycles. The third-order valence-electron chi connectivity index (χ3n) is 5.16. The number of hydrogen-bond acceptors (Lipinski definition) is 4. The van der Waals surface area contributed by atoms with Gasteiger partial charge in [0.15, 0.2) is 17.5 Å². The summed E-state index contributed by atoms with van der Waals surface area (Å²) in [7, 11) is 0. The number of hydrogen-bond donors (Lipinski definition) is 2. The van der Waals surface area contributed by atoms with E-state index in [2.05, 4.69) is 29.4 Å². The van der Waals surface area contributed by atoms with Crippen LogP contribution in [0.2, 0.25) is 0 Å². The Balaban J connectivity index is 0.00000280. The highest BCUT2D eigenvalue weighted by atomic mass is 127. The molecule has 28 heavy (non-hydrogen) atoms. The van der Waals surface area contributed by atoms with E-state index in [9.17, 15) is 0 Å². The summed E-state index contributed by atoms with van der Waals surface area (Å²) in [6, 6.07) is 7.82. The van der Waals surface area contributed by atoms with Crippen molar-refractivity contribution < 1.29 is 9.47 Å². The maximum Gasteiger partial charge on any atom is 0.191 e. The predicted octanol–water partition coefficient (Wildman–Crippen LogP) is 3.12. The summed E-state index contributed by atoms with van der Waals surface area (Å²) in [5.41, 5.74) is 0. The minimum Gasteiger partial charge on any atom is -0.486 e. The van der Waals surface area contributed by atoms with Gasteiger partial charge in [0.25, 0.3) is 0 Å². The van der Waals surface area contributed by atoms with E-state index in [1.165, 1.54) is 38.9 Å². The largest absolute Gasteiger partial charge is 0.486 e. The van der Waals surface area contributed by atoms with E-state index in [-0.39, 0.29) is 30.1 Å². The first-order valence-corrected chi connectivity index (χ1v) is 10.4. The molecule has 1 fully saturated rings. The van der Waals surface area contributed by atoms with Crippen LogP contribution in [0.15, 0.2) is 29.3 Å². The van der Waals surface area contributed by atoms with Gasteiger partial charge < -0.3 is 25.0 Å². The van der Waals surface area contributed by atoms with Gasteiger partial charge in [-0.2, -0.15) is 0 Å². The molecule has 0 spiro atoms. The molecule has 0 saturated carbocycles. The number of aliphatic imine (C=N–C) groups is 1. The zero-order chi connectivity index (χ0) is 18.9. The average molecular weight is 502 g/mol. The Hall–Kier alpha value is -1.22. The van der Waals surface area contributed by atoms with E-state index in [0.29, 0.717) is 19.1 Å². The van der Waals surface area contributed by atoms with Crippen molar-refractivity contribution in [1.82, 2.24) is 15.5 Å². The van der Waals surface area contributed by atoms with E-state index in [0.717, 1.165) is 30.5 Å². The summed E-state index contributed by atoms with van der Waals surface area (Å²) in [5, 5.41) is 6.76. The standard InChI is InChI=1S/C21H34N4O2.HI/c1-3-11-25-12-9-17(10-13-25)14-23-21(22-4-2)24-15-18-16-26-19-7-5-6-8-20(19)27-18;/h5-8,17-18H,3-4,9-16H2,1-2H3,(H2,22,23,24);1H. The Morgan fingerprint density at radius 1 is 1.14 bits per heavy atom. The smallest absolute Gasteiger partial charge is 0.191 e. The Kier molecular flexibility index (Phi) is 10.2. The molecule has 2 heterocycles. The Morgan fingerprint density at radius 3 is 2.61 bits per heavy atom. The molecule has 0 radical (unpaired) electrons. The molecule has 0 bridgehead atoms. The normalized spacial score (nSPS) is 20.4. The molecule has 7 heteroatoms. The van der Waals surface area contributed by atoms with Crippen LogP contribution in [0.3, 0.4) is 0 Å². The molecule has 1 aromatic rings. The fourth-order valence-corrected chi connectivity index (χ4v) is 3.65. The van der Waals surface area contributed by atoms with Crippen LogP contribution in [0.5, 0.6) is 11.5 Å². The highest BCUT2D eigenvalue weighted by Gasteiger charge is 2.21. The van der Waals surface area contributed by atoms with Gasteiger partial charge in [0.05, 0.1) is 6.54 Å². The molecule has 1 unspecified atom stereocenters. The van der Waals surface area contributed by atoms with Crippen molar-refractivity contribution in [2.45, 2.75) is 39.2 Å². The number of nitrogens with zero attached hydrogens (tertiary/aromatic N) is 2. The van der Waals surface area contributed by atoms with Crippen LogP contribution in [-0.4, -0.2) is 62.8 Å². The first kappa shape index (κ1) is 23.1. The number of fused-ring (bicyclic) bond motifs is 1. The molecule has 1 atom stereocenters. The number of para-hydroxylation sites is 2. The van der Waals surface area contributed by atoms with Gasteiger partial charge in [-0.3, -0.25) is 4.99 Å². The Morgan fingerprint density at radius 2 is 1.89 bits per heavy atom. The summed E-state index contributed by atoms with van der Waals surface area (Å²) in [4.78, 5) is 7.39. The lowest BCUT2D eigenvalue weighted by molar-refractivity contribution is 0.0936. The molecule has 0 aromatic heterocycles. The minimum atomic E-state index is -0.0129. The fourth-order valence-electron chi connectivity index (χ4n) is 3.65. The van der Waals surface area contributed by atoms with Crippen molar-refractivity contribution in [3.63, 3.8) is 0 Å². The lowest BCUT2D eigenvalue weighted by Crippen LogP contribution is -2.45. The first-order chi connectivity index (χ1) is 13.3. The Bertz CT molecular complexity index is 606. The lowest BCUT2D eigenvalue weighted by atomic mass is 9.97. The summed E-state index contributed by atoms with van der Waals surface area (Å²) in [6.07, 6.45) is 3.73. The monoisotopic (exact) mass is 502 g/mol. The highest BCUT2D eigenvalue weighted by molar-refractivity contribution is 14.0. The summed E-state index contributed by atoms with van der Waals surface area (Å²) < 4.78 is 11.8. The van der Waals surface area contributed by atoms with Crippen LogP contribution in [0.4, 0.5) is 0 Å². The molecular formula is C21H35IN4O2. The fraction of sp³-hybridized carbons (Fsp3) is 0.667. The van der Waals surface area contributed by atoms with Gasteiger partial charge in [-0.1, -0.05) is 19.1 Å². The van der Waals surface area contributed by atoms with E-state index in [1.54, 1.807) is 0 Å². The molecule has 2 aliphatic rings. The van der Waals surface area contributed by atoms with E-state index in [4.69, 9.17) is 14.5 Å². The second-order valence-electron chi connectivity index (χ2n) is 7.38. The number of piperidine rings is 1. The van der Waals surface area contributed by atoms with Gasteiger partial charge >= 0.3 is 0 Å². The number of benzene rings is 1. The summed E-state index contributed by atoms with van der Waals surface area (Å²) in [5.74, 6) is 3.20. The molecule has 1 aromatic carbocycles. The second kappa shape index (κ2) is 12.4. The van der Waals surface area contributed by atoms with Crippen molar-refractivity contribution in [2.24, 2.45) is 10.9 Å². The number of rotatable bonds is 7. The predicted molar refractivity (Wildman–Crippen MR) is 125 cm³/mol. The van der Waals surface area contributed by atoms with Crippen LogP contribution in [0.25, 0.3) is 0 Å². The van der Waals surface area contributed by atoms with Crippen LogP contribution in [-0.2, 0) is 0 Å². The van der Waals surface area contributed by atoms with Crippen molar-refractivity contribution in [3.05, 3.63) is 24.3 Å². The van der Waals surface area contributed by atoms with Gasteiger partial charge in [-0.15, -0.1) is 24.0 Å². The van der Waals surface area contributed by atoms with Gasteiger partial charge in [0, 0.05) is 13.1 Å². The summed E-state index contributed by atoms with van der Waals surface area (Å²) in [6.45, 7) is 11.0. The van der Waals surface area contributed by atoms with Gasteiger partial charge in [-0.05, 0) is 63.9 Å². The summed E-state index contributed by atoms with van der Waals surface area (Å²) >= 11 is 0. The number of guanidine groups is 1. The van der Waals surface area contributed by atoms with E-state index < -0.39 is 0 Å². The van der Waals surface area contributed by atoms with Crippen molar-refractivity contribution in [3.8, 4) is 11.5 Å². The maximum atomic E-state index is 6.01. The number of halogens is 1. The van der Waals surface area contributed by atoms with E-state index >= 15 is 0 Å². The van der Waals surface area contributed by atoms with Gasteiger partial charge in [0.1, 0.15) is 12.7 Å². The molecule has 1 saturated heterocycles. The second-order valence-corrected chi connectivity index (χ2v) is 7.38. The van der Waals surface area contributed by atoms with Crippen LogP contribution >= 0.6 is 24.0 Å². The molecule has 6 nitrogen and oxygen atoms in total. The van der Waals surface area contributed by atoms with Crippen molar-refractivity contribution >= 4 is 29.9 Å². The highest BCUT2D eigenvalue weighted by Crippen LogP contribution is 2.30. The van der Waals surface area contributed by atoms with E-state index in [1.807, 2.05) is 24.3 Å². The van der Waals surface area contributed by atoms with Crippen LogP contribution in [0, 0.1) is 5.92 Å². The molecule has 3 rings (SSSR count). The topological polar surface area (TPSA) is 58.1 Å². The third-order valence-corrected chi connectivity index (χ3v) is 5.16. The average Bonchev–Trinajstić information content (AvgIpc) is 2.71. The quantitative estimate of drug-likeness (QED) is 0.341. The zero-order valence-electron chi connectivity index (χ0n) is 17.2. The van der Waals surface area contributed by atoms with Crippen molar-refractivity contribution in [2.75, 3.05) is 45.9 Å². The number of nitrogens with one attached hydrogen (secondary N) is 2. The van der Waals surface area contributed by atoms with Crippen LogP contribution < -0.4 is 20.1 Å². The molecule has 2 N–H and O–H groups in total. The van der Waals surface area contributed by atoms with Crippen molar-refractivity contribution in [1.29, 1.82) is 0 Å². The number of likely N-dealkylation sites (tertiary alicyclic amines) is 1. The zero-order valence-corrected chi connectivity index (χ0v) is 19.5. The molecule has 2 aliphatic heterocycles. The lowest BCUT2D eigenvalue weighted by Gasteiger charge is -2.31. The van der Waals surface area contributed by atoms with Crippen LogP contribution in [0.1, 0.15) is 33.1 Å². The number of ether oxygens (including phenoxy) is 2. The van der Waals surface area contributed by atoms with Gasteiger partial charge in [0.2, 0.25) is 0 Å². The molecule has 158 valence electrons. The molecular weight excluding hydrogens is 467 g/mol. The third kappa shape index (κ3) is 6.99. The Labute approximate surface area is 186 Å².